The van der Waals surface area contributed by atoms with E-state index in [1.54, 1.807) is 0 Å². The van der Waals surface area contributed by atoms with Crippen molar-refractivity contribution in [1.29, 1.82) is 0 Å². The summed E-state index contributed by atoms with van der Waals surface area (Å²) < 4.78 is 2.99. The van der Waals surface area contributed by atoms with E-state index in [0.29, 0.717) is 0 Å². The Hall–Kier alpha value is -0.260. The molecule has 0 N–H and O–H groups in total. The van der Waals surface area contributed by atoms with Crippen LogP contribution in [0.1, 0.15) is 6.92 Å². The van der Waals surface area contributed by atoms with Crippen molar-refractivity contribution in [2.24, 2.45) is 10.2 Å². The molecule has 19 heavy (non-hydrogen) atoms. The van der Waals surface area contributed by atoms with E-state index in [0.717, 1.165) is 0 Å². The van der Waals surface area contributed by atoms with Crippen LogP contribution in [0, 0.1) is 0 Å². The van der Waals surface area contributed by atoms with Gasteiger partial charge in [-0.15, -0.1) is 10.2 Å². The van der Waals surface area contributed by atoms with Crippen LogP contribution in [-0.2, 0) is 4.79 Å². The van der Waals surface area contributed by atoms with Gasteiger partial charge >= 0.3 is 0 Å². The fourth-order valence-electron chi connectivity index (χ4n) is 1.02. The topological polar surface area (TPSA) is 51.0 Å². The molecule has 0 saturated heterocycles. The summed E-state index contributed by atoms with van der Waals surface area (Å²) in [4.78, 5) is 11.1. The number of benzene rings is 1. The zero-order valence-corrected chi connectivity index (χ0v) is 13.5. The van der Waals surface area contributed by atoms with Gasteiger partial charge in [-0.1, -0.05) is 58.0 Å². The van der Waals surface area contributed by atoms with Gasteiger partial charge < -0.3 is 4.74 Å². The summed E-state index contributed by atoms with van der Waals surface area (Å²) in [5, 5.41) is 7.55. The Labute approximate surface area is 134 Å². The molecular weight excluding hydrogens is 357 g/mol. The summed E-state index contributed by atoms with van der Waals surface area (Å²) in [7, 11) is 1.38. The number of methoxy groups -OCH3 is 1. The lowest BCUT2D eigenvalue weighted by Crippen LogP contribution is -2.19. The van der Waals surface area contributed by atoms with Gasteiger partial charge in [0.25, 0.3) is 4.46 Å². The highest BCUT2D eigenvalue weighted by molar-refractivity contribution is 6.57. The van der Waals surface area contributed by atoms with Crippen LogP contribution >= 0.6 is 58.0 Å². The lowest BCUT2D eigenvalue weighted by molar-refractivity contribution is -0.117. The van der Waals surface area contributed by atoms with Crippen molar-refractivity contribution in [2.75, 3.05) is 7.11 Å². The van der Waals surface area contributed by atoms with Crippen LogP contribution in [0.3, 0.4) is 0 Å². The van der Waals surface area contributed by atoms with E-state index in [1.165, 1.54) is 20.1 Å². The van der Waals surface area contributed by atoms with Crippen molar-refractivity contribution in [2.45, 2.75) is 11.4 Å². The molecule has 0 heterocycles. The average Bonchev–Trinajstić information content (AvgIpc) is 2.28. The molecule has 9 heteroatoms. The van der Waals surface area contributed by atoms with E-state index in [-0.39, 0.29) is 26.5 Å². The predicted molar refractivity (Wildman–Crippen MR) is 77.7 cm³/mol. The molecule has 4 nitrogen and oxygen atoms in total. The van der Waals surface area contributed by atoms with E-state index in [1.807, 2.05) is 0 Å². The number of ether oxygens (including phenoxy) is 1. The number of hydrogen-bond donors (Lipinski definition) is 0. The summed E-state index contributed by atoms with van der Waals surface area (Å²) in [6.07, 6.45) is 0. The highest BCUT2D eigenvalue weighted by Crippen LogP contribution is 2.45. The van der Waals surface area contributed by atoms with Crippen LogP contribution in [-0.4, -0.2) is 17.4 Å². The van der Waals surface area contributed by atoms with Crippen LogP contribution in [0.4, 0.5) is 5.69 Å². The number of halogens is 5. The van der Waals surface area contributed by atoms with Crippen LogP contribution in [0.15, 0.2) is 16.3 Å². The van der Waals surface area contributed by atoms with E-state index in [2.05, 4.69) is 10.2 Å². The molecule has 0 saturated carbocycles. The number of rotatable bonds is 4. The Morgan fingerprint density at radius 1 is 1.26 bits per heavy atom. The third-order valence-electron chi connectivity index (χ3n) is 2.01. The molecule has 0 bridgehead atoms. The minimum atomic E-state index is -2.00. The average molecular weight is 364 g/mol. The second kappa shape index (κ2) is 6.46. The third-order valence-corrected chi connectivity index (χ3v) is 3.61. The van der Waals surface area contributed by atoms with Gasteiger partial charge in [-0.05, 0) is 13.0 Å². The van der Waals surface area contributed by atoms with Gasteiger partial charge in [0.15, 0.2) is 11.5 Å². The Morgan fingerprint density at radius 3 is 2.32 bits per heavy atom. The van der Waals surface area contributed by atoms with Gasteiger partial charge in [-0.25, -0.2) is 0 Å². The molecule has 0 aliphatic rings. The lowest BCUT2D eigenvalue weighted by atomic mass is 10.3. The quantitative estimate of drug-likeness (QED) is 0.405. The molecule has 104 valence electrons. The van der Waals surface area contributed by atoms with E-state index in [4.69, 9.17) is 62.7 Å². The van der Waals surface area contributed by atoms with Gasteiger partial charge in [0.05, 0.1) is 17.2 Å². The van der Waals surface area contributed by atoms with Crippen molar-refractivity contribution in [1.82, 2.24) is 0 Å². The number of carbonyl (C=O) groups excluding carboxylic acids is 1. The molecule has 1 aromatic rings. The molecule has 0 unspecified atom stereocenters. The number of ketones is 1. The Balaban J connectivity index is 3.30. The normalized spacial score (nSPS) is 11.9. The number of nitrogens with zero attached hydrogens (tertiary/aromatic N) is 2. The first-order chi connectivity index (χ1) is 8.70. The van der Waals surface area contributed by atoms with Gasteiger partial charge in [0.1, 0.15) is 10.7 Å². The third kappa shape index (κ3) is 3.86. The molecule has 0 spiro atoms. The predicted octanol–water partition coefficient (Wildman–Crippen LogP) is 5.46. The first kappa shape index (κ1) is 16.8. The van der Waals surface area contributed by atoms with Crippen LogP contribution in [0.5, 0.6) is 5.75 Å². The van der Waals surface area contributed by atoms with Crippen LogP contribution < -0.4 is 4.74 Å². The van der Waals surface area contributed by atoms with Crippen LogP contribution in [0.2, 0.25) is 15.1 Å². The molecular formula is C10H7Cl5N2O2. The largest absolute Gasteiger partial charge is 0.494 e. The van der Waals surface area contributed by atoms with Crippen molar-refractivity contribution in [3.63, 3.8) is 0 Å². The fraction of sp³-hybridized carbons (Fsp3) is 0.300. The van der Waals surface area contributed by atoms with E-state index < -0.39 is 10.2 Å². The SMILES string of the molecule is COc1c(Cl)cc(Cl)c(N=NC(Cl)(Cl)C(C)=O)c1Cl. The zero-order valence-electron chi connectivity index (χ0n) is 9.68. The first-order valence-corrected chi connectivity index (χ1v) is 6.63. The smallest absolute Gasteiger partial charge is 0.285 e. The van der Waals surface area contributed by atoms with Crippen molar-refractivity contribution in [3.8, 4) is 5.75 Å². The number of azo groups is 1. The van der Waals surface area contributed by atoms with Crippen molar-refractivity contribution >= 4 is 69.5 Å². The Morgan fingerprint density at radius 2 is 1.84 bits per heavy atom. The maximum Gasteiger partial charge on any atom is 0.285 e. The summed E-state index contributed by atoms with van der Waals surface area (Å²) in [5.74, 6) is -0.410. The van der Waals surface area contributed by atoms with E-state index >= 15 is 0 Å². The molecule has 0 aliphatic carbocycles. The number of Topliss-reactive ketones (excluding diaryl/α,β-unsaturated/α-hetero) is 1. The van der Waals surface area contributed by atoms with Gasteiger partial charge in [0, 0.05) is 0 Å². The number of alkyl halides is 2. The Bertz CT molecular complexity index is 545. The number of carbonyl (C=O) groups is 1. The monoisotopic (exact) mass is 362 g/mol. The highest BCUT2D eigenvalue weighted by Gasteiger charge is 2.30. The summed E-state index contributed by atoms with van der Waals surface area (Å²) in [6.45, 7) is 1.17. The lowest BCUT2D eigenvalue weighted by Gasteiger charge is -2.11. The second-order valence-electron chi connectivity index (χ2n) is 3.33. The second-order valence-corrected chi connectivity index (χ2v) is 5.81. The molecule has 0 fully saturated rings. The van der Waals surface area contributed by atoms with Gasteiger partial charge in [-0.2, -0.15) is 0 Å². The summed E-state index contributed by atoms with van der Waals surface area (Å²) >= 11 is 29.1. The molecule has 0 aliphatic heterocycles. The minimum Gasteiger partial charge on any atom is -0.494 e. The minimum absolute atomic E-state index is 0.0384. The molecule has 1 aromatic carbocycles. The molecule has 0 atom stereocenters. The molecule has 0 amide bonds. The Kier molecular flexibility index (Phi) is 5.71. The maximum absolute atomic E-state index is 11.1. The molecule has 0 aromatic heterocycles. The zero-order chi connectivity index (χ0) is 14.8. The first-order valence-electron chi connectivity index (χ1n) is 4.74. The van der Waals surface area contributed by atoms with Gasteiger partial charge in [0.2, 0.25) is 0 Å². The van der Waals surface area contributed by atoms with Crippen LogP contribution in [0.25, 0.3) is 0 Å². The molecule has 0 radical (unpaired) electrons. The van der Waals surface area contributed by atoms with Crippen molar-refractivity contribution < 1.29 is 9.53 Å². The standard InChI is InChI=1S/C10H7Cl5N2O2/c1-4(18)10(14,15)17-16-8-5(11)3-6(12)9(19-2)7(8)13/h3H,1-2H3. The summed E-state index contributed by atoms with van der Waals surface area (Å²) in [6, 6.07) is 1.38. The maximum atomic E-state index is 11.1. The van der Waals surface area contributed by atoms with Gasteiger partial charge in [-0.3, -0.25) is 4.79 Å². The van der Waals surface area contributed by atoms with E-state index in [9.17, 15) is 4.79 Å². The van der Waals surface area contributed by atoms with Crippen molar-refractivity contribution in [3.05, 3.63) is 21.1 Å². The highest BCUT2D eigenvalue weighted by atomic mass is 35.5. The summed E-state index contributed by atoms with van der Waals surface area (Å²) in [5.41, 5.74) is 0.0523. The number of hydrogen-bond acceptors (Lipinski definition) is 4. The fourth-order valence-corrected chi connectivity index (χ4v) is 2.09. The molecule has 1 rings (SSSR count).